The first-order chi connectivity index (χ1) is 9.65. The molecule has 0 unspecified atom stereocenters. The predicted molar refractivity (Wildman–Crippen MR) is 78.2 cm³/mol. The van der Waals surface area contributed by atoms with E-state index in [2.05, 4.69) is 0 Å². The van der Waals surface area contributed by atoms with E-state index in [-0.39, 0.29) is 6.54 Å². The summed E-state index contributed by atoms with van der Waals surface area (Å²) < 4.78 is 38.7. The molecule has 0 aromatic heterocycles. The fourth-order valence-electron chi connectivity index (χ4n) is 2.77. The van der Waals surface area contributed by atoms with E-state index in [0.29, 0.717) is 45.8 Å². The van der Waals surface area contributed by atoms with Crippen LogP contribution in [0.25, 0.3) is 0 Å². The highest BCUT2D eigenvalue weighted by molar-refractivity contribution is 7.86. The normalized spacial score (nSPS) is 26.9. The zero-order chi connectivity index (χ0) is 15.7. The molecule has 124 valence electrons. The Morgan fingerprint density at radius 1 is 1.24 bits per heavy atom. The SMILES string of the molecule is CN(CC1(O)CCOCC1)S(=O)(=O)N1CCOC(C)(C)C1. The Bertz CT molecular complexity index is 459. The van der Waals surface area contributed by atoms with Crippen LogP contribution in [0.2, 0.25) is 0 Å². The molecule has 2 aliphatic rings. The zero-order valence-corrected chi connectivity index (χ0v) is 13.9. The summed E-state index contributed by atoms with van der Waals surface area (Å²) in [5.74, 6) is 0. The van der Waals surface area contributed by atoms with Crippen molar-refractivity contribution in [3.05, 3.63) is 0 Å². The van der Waals surface area contributed by atoms with Crippen LogP contribution in [0.1, 0.15) is 26.7 Å². The zero-order valence-electron chi connectivity index (χ0n) is 13.0. The third-order valence-corrected chi connectivity index (χ3v) is 5.93. The summed E-state index contributed by atoms with van der Waals surface area (Å²) in [6.07, 6.45) is 0.920. The van der Waals surface area contributed by atoms with Crippen LogP contribution in [0.15, 0.2) is 0 Å². The van der Waals surface area contributed by atoms with Crippen molar-refractivity contribution < 1.29 is 23.0 Å². The molecule has 2 rings (SSSR count). The number of aliphatic hydroxyl groups is 1. The molecule has 2 aliphatic heterocycles. The molecule has 21 heavy (non-hydrogen) atoms. The Balaban J connectivity index is 2.04. The maximum atomic E-state index is 12.6. The Labute approximate surface area is 127 Å². The van der Waals surface area contributed by atoms with E-state index < -0.39 is 21.4 Å². The van der Waals surface area contributed by atoms with Crippen molar-refractivity contribution in [3.63, 3.8) is 0 Å². The summed E-state index contributed by atoms with van der Waals surface area (Å²) in [7, 11) is -2.07. The smallest absolute Gasteiger partial charge is 0.282 e. The van der Waals surface area contributed by atoms with Gasteiger partial charge in [-0.2, -0.15) is 17.0 Å². The second-order valence-corrected chi connectivity index (χ2v) is 8.58. The summed E-state index contributed by atoms with van der Waals surface area (Å²) in [5, 5.41) is 10.5. The molecule has 0 aliphatic carbocycles. The van der Waals surface area contributed by atoms with E-state index >= 15 is 0 Å². The first-order valence-corrected chi connectivity index (χ1v) is 8.70. The quantitative estimate of drug-likeness (QED) is 0.776. The van der Waals surface area contributed by atoms with Gasteiger partial charge in [-0.25, -0.2) is 0 Å². The maximum absolute atomic E-state index is 12.6. The Hall–Kier alpha value is -0.250. The molecule has 0 atom stereocenters. The lowest BCUT2D eigenvalue weighted by Crippen LogP contribution is -2.56. The Kier molecular flexibility index (Phi) is 4.97. The second-order valence-electron chi connectivity index (χ2n) is 6.54. The van der Waals surface area contributed by atoms with Gasteiger partial charge in [0.1, 0.15) is 0 Å². The van der Waals surface area contributed by atoms with Gasteiger partial charge in [0.15, 0.2) is 0 Å². The minimum atomic E-state index is -3.58. The molecule has 0 bridgehead atoms. The molecule has 0 amide bonds. The number of hydrogen-bond donors (Lipinski definition) is 1. The Morgan fingerprint density at radius 2 is 1.86 bits per heavy atom. The molecule has 2 heterocycles. The molecule has 0 spiro atoms. The van der Waals surface area contributed by atoms with Gasteiger partial charge >= 0.3 is 0 Å². The van der Waals surface area contributed by atoms with E-state index in [4.69, 9.17) is 9.47 Å². The molecular formula is C13H26N2O5S. The molecule has 0 aromatic carbocycles. The highest BCUT2D eigenvalue weighted by atomic mass is 32.2. The molecule has 7 nitrogen and oxygen atoms in total. The summed E-state index contributed by atoms with van der Waals surface area (Å²) in [6, 6.07) is 0. The van der Waals surface area contributed by atoms with Crippen LogP contribution in [0.4, 0.5) is 0 Å². The fraction of sp³-hybridized carbons (Fsp3) is 1.00. The van der Waals surface area contributed by atoms with Crippen LogP contribution in [-0.2, 0) is 19.7 Å². The summed E-state index contributed by atoms with van der Waals surface area (Å²) in [5.41, 5.74) is -1.48. The van der Waals surface area contributed by atoms with Crippen LogP contribution in [0, 0.1) is 0 Å². The van der Waals surface area contributed by atoms with Crippen molar-refractivity contribution in [2.24, 2.45) is 0 Å². The van der Waals surface area contributed by atoms with Gasteiger partial charge in [-0.1, -0.05) is 0 Å². The largest absolute Gasteiger partial charge is 0.388 e. The standard InChI is InChI=1S/C13H26N2O5S/c1-12(2)10-15(6-9-20-12)21(17,18)14(3)11-13(16)4-7-19-8-5-13/h16H,4-11H2,1-3H3. The van der Waals surface area contributed by atoms with E-state index in [1.54, 1.807) is 0 Å². The maximum Gasteiger partial charge on any atom is 0.282 e. The van der Waals surface area contributed by atoms with Crippen molar-refractivity contribution in [2.75, 3.05) is 46.5 Å². The fourth-order valence-corrected chi connectivity index (χ4v) is 4.35. The van der Waals surface area contributed by atoms with E-state index in [0.717, 1.165) is 0 Å². The van der Waals surface area contributed by atoms with E-state index in [1.165, 1.54) is 15.7 Å². The number of likely N-dealkylation sites (N-methyl/N-ethyl adjacent to an activating group) is 1. The molecule has 1 N–H and O–H groups in total. The van der Waals surface area contributed by atoms with E-state index in [9.17, 15) is 13.5 Å². The number of nitrogens with zero attached hydrogens (tertiary/aromatic N) is 2. The highest BCUT2D eigenvalue weighted by Gasteiger charge is 2.39. The number of rotatable bonds is 4. The van der Waals surface area contributed by atoms with E-state index in [1.807, 2.05) is 13.8 Å². The van der Waals surface area contributed by atoms with Crippen LogP contribution in [-0.4, -0.2) is 79.8 Å². The van der Waals surface area contributed by atoms with Crippen LogP contribution in [0.3, 0.4) is 0 Å². The Morgan fingerprint density at radius 3 is 2.43 bits per heavy atom. The van der Waals surface area contributed by atoms with Crippen LogP contribution in [0.5, 0.6) is 0 Å². The van der Waals surface area contributed by atoms with Crippen LogP contribution >= 0.6 is 0 Å². The van der Waals surface area contributed by atoms with Crippen molar-refractivity contribution in [2.45, 2.75) is 37.9 Å². The first-order valence-electron chi connectivity index (χ1n) is 7.30. The highest BCUT2D eigenvalue weighted by Crippen LogP contribution is 2.25. The third kappa shape index (κ3) is 4.14. The topological polar surface area (TPSA) is 79.3 Å². The first kappa shape index (κ1) is 17.1. The van der Waals surface area contributed by atoms with Gasteiger partial charge in [0, 0.05) is 52.7 Å². The van der Waals surface area contributed by atoms with Gasteiger partial charge in [0.2, 0.25) is 0 Å². The molecular weight excluding hydrogens is 296 g/mol. The van der Waals surface area contributed by atoms with Crippen molar-refractivity contribution in [1.82, 2.24) is 8.61 Å². The molecule has 2 saturated heterocycles. The molecule has 0 radical (unpaired) electrons. The van der Waals surface area contributed by atoms with Crippen LogP contribution < -0.4 is 0 Å². The van der Waals surface area contributed by atoms with Gasteiger partial charge in [-0.15, -0.1) is 0 Å². The second kappa shape index (κ2) is 6.10. The summed E-state index contributed by atoms with van der Waals surface area (Å²) in [6.45, 7) is 5.83. The lowest BCUT2D eigenvalue weighted by molar-refractivity contribution is -0.0737. The van der Waals surface area contributed by atoms with Crippen molar-refractivity contribution in [1.29, 1.82) is 0 Å². The van der Waals surface area contributed by atoms with Gasteiger partial charge in [0.05, 0.1) is 17.8 Å². The molecule has 2 fully saturated rings. The predicted octanol–water partition coefficient (Wildman–Crippen LogP) is -0.185. The van der Waals surface area contributed by atoms with Gasteiger partial charge in [-0.05, 0) is 13.8 Å². The minimum absolute atomic E-state index is 0.0937. The average Bonchev–Trinajstić information content (AvgIpc) is 2.37. The lowest BCUT2D eigenvalue weighted by atomic mass is 9.95. The number of hydrogen-bond acceptors (Lipinski definition) is 5. The van der Waals surface area contributed by atoms with Crippen molar-refractivity contribution >= 4 is 10.2 Å². The monoisotopic (exact) mass is 322 g/mol. The van der Waals surface area contributed by atoms with Gasteiger partial charge < -0.3 is 14.6 Å². The average molecular weight is 322 g/mol. The van der Waals surface area contributed by atoms with Crippen molar-refractivity contribution in [3.8, 4) is 0 Å². The number of morpholine rings is 1. The summed E-state index contributed by atoms with van der Waals surface area (Å²) >= 11 is 0. The number of ether oxygens (including phenoxy) is 2. The molecule has 0 aromatic rings. The molecule has 8 heteroatoms. The third-order valence-electron chi connectivity index (χ3n) is 4.05. The summed E-state index contributed by atoms with van der Waals surface area (Å²) in [4.78, 5) is 0. The lowest BCUT2D eigenvalue weighted by Gasteiger charge is -2.40. The van der Waals surface area contributed by atoms with Gasteiger partial charge in [0.25, 0.3) is 10.2 Å². The molecule has 0 saturated carbocycles. The van der Waals surface area contributed by atoms with Gasteiger partial charge in [-0.3, -0.25) is 0 Å². The minimum Gasteiger partial charge on any atom is -0.388 e.